The van der Waals surface area contributed by atoms with Gasteiger partial charge in [0.15, 0.2) is 0 Å². The Morgan fingerprint density at radius 1 is 1.30 bits per heavy atom. The maximum absolute atomic E-state index is 12.1. The lowest BCUT2D eigenvalue weighted by Gasteiger charge is -2.22. The van der Waals surface area contributed by atoms with Crippen LogP contribution in [0.25, 0.3) is 0 Å². The standard InChI is InChI=1S/C13H14ClNO3S2/c1-13(16,10-6-7-19-8-10)9-15-20(17,18)12-4-2-11(14)3-5-12/h2-8,15-16H,9H2,1H3. The molecule has 20 heavy (non-hydrogen) atoms. The predicted molar refractivity (Wildman–Crippen MR) is 80.5 cm³/mol. The van der Waals surface area contributed by atoms with Crippen LogP contribution in [0.5, 0.6) is 0 Å². The fourth-order valence-electron chi connectivity index (χ4n) is 1.61. The van der Waals surface area contributed by atoms with Crippen molar-refractivity contribution in [2.24, 2.45) is 0 Å². The number of hydrogen-bond donors (Lipinski definition) is 2. The first kappa shape index (κ1) is 15.5. The van der Waals surface area contributed by atoms with Crippen LogP contribution in [0.2, 0.25) is 5.02 Å². The molecule has 2 rings (SSSR count). The molecule has 0 saturated heterocycles. The number of halogens is 1. The van der Waals surface area contributed by atoms with E-state index in [-0.39, 0.29) is 11.4 Å². The Morgan fingerprint density at radius 3 is 2.50 bits per heavy atom. The van der Waals surface area contributed by atoms with E-state index in [4.69, 9.17) is 11.6 Å². The molecule has 0 bridgehead atoms. The van der Waals surface area contributed by atoms with Crippen LogP contribution in [-0.4, -0.2) is 20.1 Å². The molecular weight excluding hydrogens is 318 g/mol. The SMILES string of the molecule is CC(O)(CNS(=O)(=O)c1ccc(Cl)cc1)c1ccsc1. The van der Waals surface area contributed by atoms with Crippen molar-refractivity contribution in [3.8, 4) is 0 Å². The third-order valence-electron chi connectivity index (χ3n) is 2.87. The molecule has 1 unspecified atom stereocenters. The summed E-state index contributed by atoms with van der Waals surface area (Å²) in [5.74, 6) is 0. The third-order valence-corrected chi connectivity index (χ3v) is 5.23. The molecule has 1 aromatic heterocycles. The van der Waals surface area contributed by atoms with E-state index in [1.807, 2.05) is 5.38 Å². The van der Waals surface area contributed by atoms with Crippen LogP contribution in [0.15, 0.2) is 46.0 Å². The molecule has 0 fully saturated rings. The summed E-state index contributed by atoms with van der Waals surface area (Å²) in [7, 11) is -3.67. The smallest absolute Gasteiger partial charge is 0.240 e. The first-order valence-corrected chi connectivity index (χ1v) is 8.62. The normalized spacial score (nSPS) is 14.9. The summed E-state index contributed by atoms with van der Waals surface area (Å²) in [4.78, 5) is 0.114. The van der Waals surface area contributed by atoms with E-state index in [0.717, 1.165) is 0 Å². The van der Waals surface area contributed by atoms with E-state index in [1.54, 1.807) is 18.4 Å². The molecule has 0 aliphatic carbocycles. The number of nitrogens with one attached hydrogen (secondary N) is 1. The minimum Gasteiger partial charge on any atom is -0.384 e. The van der Waals surface area contributed by atoms with Crippen molar-refractivity contribution in [2.75, 3.05) is 6.54 Å². The highest BCUT2D eigenvalue weighted by molar-refractivity contribution is 7.89. The Bertz CT molecular complexity index is 664. The fourth-order valence-corrected chi connectivity index (χ4v) is 3.65. The van der Waals surface area contributed by atoms with Gasteiger partial charge in [0.05, 0.1) is 4.90 Å². The van der Waals surface area contributed by atoms with Crippen molar-refractivity contribution in [1.29, 1.82) is 0 Å². The van der Waals surface area contributed by atoms with E-state index in [0.29, 0.717) is 10.6 Å². The Labute approximate surface area is 127 Å². The number of thiophene rings is 1. The Morgan fingerprint density at radius 2 is 1.95 bits per heavy atom. The second kappa shape index (κ2) is 5.83. The number of benzene rings is 1. The van der Waals surface area contributed by atoms with Gasteiger partial charge in [-0.1, -0.05) is 11.6 Å². The Kier molecular flexibility index (Phi) is 4.51. The zero-order chi connectivity index (χ0) is 14.8. The van der Waals surface area contributed by atoms with E-state index >= 15 is 0 Å². The van der Waals surface area contributed by atoms with E-state index < -0.39 is 15.6 Å². The molecule has 2 aromatic rings. The van der Waals surface area contributed by atoms with E-state index in [1.165, 1.54) is 35.6 Å². The van der Waals surface area contributed by atoms with Crippen LogP contribution in [0, 0.1) is 0 Å². The average molecular weight is 332 g/mol. The maximum Gasteiger partial charge on any atom is 0.240 e. The molecule has 1 heterocycles. The first-order chi connectivity index (χ1) is 9.31. The molecule has 0 radical (unpaired) electrons. The Balaban J connectivity index is 2.12. The van der Waals surface area contributed by atoms with E-state index in [9.17, 15) is 13.5 Å². The van der Waals surface area contributed by atoms with Crippen molar-refractivity contribution in [3.63, 3.8) is 0 Å². The zero-order valence-corrected chi connectivity index (χ0v) is 13.1. The van der Waals surface area contributed by atoms with Crippen LogP contribution in [0.1, 0.15) is 12.5 Å². The number of rotatable bonds is 5. The molecule has 4 nitrogen and oxygen atoms in total. The van der Waals surface area contributed by atoms with Gasteiger partial charge in [0.2, 0.25) is 10.0 Å². The van der Waals surface area contributed by atoms with Gasteiger partial charge in [-0.15, -0.1) is 0 Å². The minimum absolute atomic E-state index is 0.102. The summed E-state index contributed by atoms with van der Waals surface area (Å²) < 4.78 is 26.6. The van der Waals surface area contributed by atoms with Gasteiger partial charge in [0, 0.05) is 11.6 Å². The zero-order valence-electron chi connectivity index (χ0n) is 10.7. The van der Waals surface area contributed by atoms with Crippen molar-refractivity contribution in [2.45, 2.75) is 17.4 Å². The third kappa shape index (κ3) is 3.59. The second-order valence-corrected chi connectivity index (χ2v) is 7.55. The highest BCUT2D eigenvalue weighted by Gasteiger charge is 2.26. The van der Waals surface area contributed by atoms with E-state index in [2.05, 4.69) is 4.72 Å². The van der Waals surface area contributed by atoms with Crippen molar-refractivity contribution < 1.29 is 13.5 Å². The Hall–Kier alpha value is -0.920. The van der Waals surface area contributed by atoms with Gasteiger partial charge in [-0.05, 0) is 53.6 Å². The largest absolute Gasteiger partial charge is 0.384 e. The number of sulfonamides is 1. The molecule has 1 atom stereocenters. The molecule has 108 valence electrons. The molecule has 2 N–H and O–H groups in total. The highest BCUT2D eigenvalue weighted by atomic mass is 35.5. The lowest BCUT2D eigenvalue weighted by atomic mass is 10.0. The first-order valence-electron chi connectivity index (χ1n) is 5.81. The lowest BCUT2D eigenvalue weighted by Crippen LogP contribution is -2.38. The summed E-state index contributed by atoms with van der Waals surface area (Å²) in [5.41, 5.74) is -0.569. The van der Waals surface area contributed by atoms with Crippen LogP contribution in [-0.2, 0) is 15.6 Å². The molecule has 1 aromatic carbocycles. The van der Waals surface area contributed by atoms with Gasteiger partial charge >= 0.3 is 0 Å². The van der Waals surface area contributed by atoms with Crippen molar-refractivity contribution >= 4 is 33.0 Å². The van der Waals surface area contributed by atoms with Crippen LogP contribution < -0.4 is 4.72 Å². The van der Waals surface area contributed by atoms with Gasteiger partial charge in [0.1, 0.15) is 5.60 Å². The second-order valence-electron chi connectivity index (χ2n) is 4.56. The summed E-state index contributed by atoms with van der Waals surface area (Å²) in [6.45, 7) is 1.47. The van der Waals surface area contributed by atoms with Gasteiger partial charge in [0.25, 0.3) is 0 Å². The van der Waals surface area contributed by atoms with Gasteiger partial charge in [-0.2, -0.15) is 11.3 Å². The summed E-state index contributed by atoms with van der Waals surface area (Å²) in [6.07, 6.45) is 0. The molecule has 0 saturated carbocycles. The molecule has 7 heteroatoms. The van der Waals surface area contributed by atoms with Gasteiger partial charge in [-0.3, -0.25) is 0 Å². The fraction of sp³-hybridized carbons (Fsp3) is 0.231. The number of aliphatic hydroxyl groups is 1. The quantitative estimate of drug-likeness (QED) is 0.885. The minimum atomic E-state index is -3.67. The van der Waals surface area contributed by atoms with Crippen LogP contribution in [0.3, 0.4) is 0 Å². The highest BCUT2D eigenvalue weighted by Crippen LogP contribution is 2.23. The monoisotopic (exact) mass is 331 g/mol. The van der Waals surface area contributed by atoms with Gasteiger partial charge < -0.3 is 5.11 Å². The summed E-state index contributed by atoms with van der Waals surface area (Å²) in [6, 6.07) is 7.62. The van der Waals surface area contributed by atoms with Crippen LogP contribution in [0.4, 0.5) is 0 Å². The maximum atomic E-state index is 12.1. The lowest BCUT2D eigenvalue weighted by molar-refractivity contribution is 0.0632. The van der Waals surface area contributed by atoms with Gasteiger partial charge in [-0.25, -0.2) is 13.1 Å². The molecule has 0 spiro atoms. The average Bonchev–Trinajstić information content (AvgIpc) is 2.92. The van der Waals surface area contributed by atoms with Crippen molar-refractivity contribution in [1.82, 2.24) is 4.72 Å². The summed E-state index contributed by atoms with van der Waals surface area (Å²) in [5, 5.41) is 14.4. The van der Waals surface area contributed by atoms with Crippen LogP contribution >= 0.6 is 22.9 Å². The molecular formula is C13H14ClNO3S2. The molecule has 0 aliphatic rings. The molecule has 0 aliphatic heterocycles. The predicted octanol–water partition coefficient (Wildman–Crippen LogP) is 2.59. The number of hydrogen-bond acceptors (Lipinski definition) is 4. The van der Waals surface area contributed by atoms with Crippen molar-refractivity contribution in [3.05, 3.63) is 51.7 Å². The summed E-state index contributed by atoms with van der Waals surface area (Å²) >= 11 is 7.17. The molecule has 0 amide bonds. The topological polar surface area (TPSA) is 66.4 Å².